The van der Waals surface area contributed by atoms with E-state index in [1.54, 1.807) is 16.4 Å². The number of hydrogen-bond acceptors (Lipinski definition) is 3. The fourth-order valence-corrected chi connectivity index (χ4v) is 1.56. The van der Waals surface area contributed by atoms with E-state index in [4.69, 9.17) is 5.73 Å². The fraction of sp³-hybridized carbons (Fsp3) is 0.571. The maximum atomic E-state index is 5.57. The molecule has 0 saturated heterocycles. The van der Waals surface area contributed by atoms with Crippen LogP contribution in [-0.2, 0) is 7.05 Å². The van der Waals surface area contributed by atoms with Crippen molar-refractivity contribution in [1.29, 1.82) is 0 Å². The van der Waals surface area contributed by atoms with Gasteiger partial charge in [-0.2, -0.15) is 16.9 Å². The third-order valence-corrected chi connectivity index (χ3v) is 2.63. The summed E-state index contributed by atoms with van der Waals surface area (Å²) in [5, 5.41) is 4.47. The van der Waals surface area contributed by atoms with Crippen LogP contribution in [0.15, 0.2) is 12.4 Å². The second-order valence-corrected chi connectivity index (χ2v) is 3.45. The van der Waals surface area contributed by atoms with E-state index in [0.717, 1.165) is 0 Å². The largest absolute Gasteiger partial charge is 0.329 e. The molecule has 4 heteroatoms. The average Bonchev–Trinajstić information content (AvgIpc) is 2.39. The molecule has 0 aromatic carbocycles. The van der Waals surface area contributed by atoms with Crippen molar-refractivity contribution in [3.8, 4) is 0 Å². The van der Waals surface area contributed by atoms with Gasteiger partial charge in [-0.1, -0.05) is 0 Å². The Hall–Kier alpha value is -0.480. The van der Waals surface area contributed by atoms with Crippen LogP contribution in [-0.4, -0.2) is 22.6 Å². The van der Waals surface area contributed by atoms with Crippen molar-refractivity contribution >= 4 is 11.8 Å². The van der Waals surface area contributed by atoms with Crippen LogP contribution in [0.2, 0.25) is 0 Å². The van der Waals surface area contributed by atoms with Crippen LogP contribution in [0.25, 0.3) is 0 Å². The quantitative estimate of drug-likeness (QED) is 0.731. The van der Waals surface area contributed by atoms with Gasteiger partial charge in [0.1, 0.15) is 0 Å². The molecular weight excluding hydrogens is 158 g/mol. The van der Waals surface area contributed by atoms with Crippen molar-refractivity contribution < 1.29 is 0 Å². The molecule has 1 unspecified atom stereocenters. The van der Waals surface area contributed by atoms with E-state index in [1.165, 1.54) is 5.56 Å². The van der Waals surface area contributed by atoms with E-state index >= 15 is 0 Å². The molecule has 3 nitrogen and oxygen atoms in total. The topological polar surface area (TPSA) is 43.8 Å². The molecule has 1 aromatic heterocycles. The van der Waals surface area contributed by atoms with E-state index in [2.05, 4.69) is 11.4 Å². The van der Waals surface area contributed by atoms with Crippen LogP contribution in [0.5, 0.6) is 0 Å². The van der Waals surface area contributed by atoms with E-state index in [9.17, 15) is 0 Å². The lowest BCUT2D eigenvalue weighted by molar-refractivity contribution is 0.766. The summed E-state index contributed by atoms with van der Waals surface area (Å²) in [4.78, 5) is 0. The Labute approximate surface area is 71.0 Å². The number of nitrogens with two attached hydrogens (primary N) is 1. The van der Waals surface area contributed by atoms with Gasteiger partial charge in [-0.3, -0.25) is 4.68 Å². The SMILES string of the molecule is CSC(CN)c1cnn(C)c1. The highest BCUT2D eigenvalue weighted by Crippen LogP contribution is 2.23. The summed E-state index contributed by atoms with van der Waals surface area (Å²) in [6.45, 7) is 0.673. The van der Waals surface area contributed by atoms with E-state index in [-0.39, 0.29) is 0 Å². The summed E-state index contributed by atoms with van der Waals surface area (Å²) in [7, 11) is 1.91. The standard InChI is InChI=1S/C7H13N3S/c1-10-5-6(4-9-10)7(3-8)11-2/h4-5,7H,3,8H2,1-2H3. The van der Waals surface area contributed by atoms with Gasteiger partial charge in [-0.15, -0.1) is 0 Å². The van der Waals surface area contributed by atoms with Gasteiger partial charge in [0.15, 0.2) is 0 Å². The summed E-state index contributed by atoms with van der Waals surface area (Å²) >= 11 is 1.76. The van der Waals surface area contributed by atoms with Crippen LogP contribution in [0.4, 0.5) is 0 Å². The van der Waals surface area contributed by atoms with Gasteiger partial charge in [0.2, 0.25) is 0 Å². The summed E-state index contributed by atoms with van der Waals surface area (Å²) < 4.78 is 1.80. The summed E-state index contributed by atoms with van der Waals surface area (Å²) in [6.07, 6.45) is 5.94. The lowest BCUT2D eigenvalue weighted by Gasteiger charge is -2.07. The van der Waals surface area contributed by atoms with E-state index < -0.39 is 0 Å². The zero-order valence-electron chi connectivity index (χ0n) is 6.82. The first-order valence-corrected chi connectivity index (χ1v) is 4.78. The number of thioether (sulfide) groups is 1. The highest BCUT2D eigenvalue weighted by molar-refractivity contribution is 7.98. The molecule has 11 heavy (non-hydrogen) atoms. The number of aryl methyl sites for hydroxylation is 1. The maximum absolute atomic E-state index is 5.57. The number of aromatic nitrogens is 2. The molecule has 0 radical (unpaired) electrons. The van der Waals surface area contributed by atoms with Gasteiger partial charge in [0.25, 0.3) is 0 Å². The molecule has 1 aromatic rings. The molecule has 0 amide bonds. The Morgan fingerprint density at radius 1 is 1.82 bits per heavy atom. The van der Waals surface area contributed by atoms with Gasteiger partial charge >= 0.3 is 0 Å². The Balaban J connectivity index is 2.73. The summed E-state index contributed by atoms with van der Waals surface area (Å²) in [5.41, 5.74) is 6.78. The lowest BCUT2D eigenvalue weighted by atomic mass is 10.2. The molecule has 1 atom stereocenters. The van der Waals surface area contributed by atoms with E-state index in [1.807, 2.05) is 19.4 Å². The molecule has 0 aliphatic carbocycles. The Morgan fingerprint density at radius 2 is 2.55 bits per heavy atom. The van der Waals surface area contributed by atoms with Gasteiger partial charge < -0.3 is 5.73 Å². The van der Waals surface area contributed by atoms with Crippen molar-refractivity contribution in [2.24, 2.45) is 12.8 Å². The normalized spacial score (nSPS) is 13.4. The Kier molecular flexibility index (Phi) is 2.96. The third kappa shape index (κ3) is 1.97. The first kappa shape index (κ1) is 8.62. The van der Waals surface area contributed by atoms with Gasteiger partial charge in [-0.05, 0) is 6.26 Å². The van der Waals surface area contributed by atoms with Crippen molar-refractivity contribution in [1.82, 2.24) is 9.78 Å². The predicted octanol–water partition coefficient (Wildman–Crippen LogP) is 0.783. The second-order valence-electron chi connectivity index (χ2n) is 2.41. The molecule has 0 aliphatic heterocycles. The van der Waals surface area contributed by atoms with E-state index in [0.29, 0.717) is 11.8 Å². The van der Waals surface area contributed by atoms with Crippen LogP contribution >= 0.6 is 11.8 Å². The number of hydrogen-bond donors (Lipinski definition) is 1. The van der Waals surface area contributed by atoms with Crippen LogP contribution < -0.4 is 5.73 Å². The van der Waals surface area contributed by atoms with Crippen molar-refractivity contribution in [2.75, 3.05) is 12.8 Å². The highest BCUT2D eigenvalue weighted by Gasteiger charge is 2.08. The monoisotopic (exact) mass is 171 g/mol. The van der Waals surface area contributed by atoms with Gasteiger partial charge in [0, 0.05) is 30.6 Å². The molecule has 0 spiro atoms. The molecule has 1 rings (SSSR count). The number of rotatable bonds is 3. The zero-order chi connectivity index (χ0) is 8.27. The van der Waals surface area contributed by atoms with Crippen molar-refractivity contribution in [3.63, 3.8) is 0 Å². The molecule has 0 saturated carbocycles. The van der Waals surface area contributed by atoms with Crippen molar-refractivity contribution in [2.45, 2.75) is 5.25 Å². The van der Waals surface area contributed by atoms with Crippen LogP contribution in [0.1, 0.15) is 10.8 Å². The fourth-order valence-electron chi connectivity index (χ4n) is 0.975. The molecule has 0 fully saturated rings. The minimum Gasteiger partial charge on any atom is -0.329 e. The van der Waals surface area contributed by atoms with Crippen LogP contribution in [0, 0.1) is 0 Å². The van der Waals surface area contributed by atoms with Crippen molar-refractivity contribution in [3.05, 3.63) is 18.0 Å². The Morgan fingerprint density at radius 3 is 2.91 bits per heavy atom. The molecule has 0 bridgehead atoms. The first-order valence-electron chi connectivity index (χ1n) is 3.49. The van der Waals surface area contributed by atoms with Gasteiger partial charge in [0.05, 0.1) is 6.20 Å². The first-order chi connectivity index (χ1) is 5.27. The third-order valence-electron chi connectivity index (χ3n) is 1.60. The summed E-state index contributed by atoms with van der Waals surface area (Å²) in [5.74, 6) is 0. The maximum Gasteiger partial charge on any atom is 0.0533 e. The predicted molar refractivity (Wildman–Crippen MR) is 48.5 cm³/mol. The zero-order valence-corrected chi connectivity index (χ0v) is 7.64. The van der Waals surface area contributed by atoms with Gasteiger partial charge in [-0.25, -0.2) is 0 Å². The molecule has 62 valence electrons. The smallest absolute Gasteiger partial charge is 0.0533 e. The lowest BCUT2D eigenvalue weighted by Crippen LogP contribution is -2.07. The second kappa shape index (κ2) is 3.78. The molecule has 0 aliphatic rings. The molecule has 1 heterocycles. The Bertz CT molecular complexity index is 217. The van der Waals surface area contributed by atoms with Crippen LogP contribution in [0.3, 0.4) is 0 Å². The number of nitrogens with zero attached hydrogens (tertiary/aromatic N) is 2. The average molecular weight is 171 g/mol. The minimum absolute atomic E-state index is 0.392. The molecule has 2 N–H and O–H groups in total. The molecular formula is C7H13N3S. The highest BCUT2D eigenvalue weighted by atomic mass is 32.2. The minimum atomic E-state index is 0.392. The summed E-state index contributed by atoms with van der Waals surface area (Å²) in [6, 6.07) is 0.